The van der Waals surface area contributed by atoms with E-state index >= 15 is 0 Å². The van der Waals surface area contributed by atoms with E-state index in [0.29, 0.717) is 29.5 Å². The van der Waals surface area contributed by atoms with Gasteiger partial charge in [-0.05, 0) is 42.3 Å². The lowest BCUT2D eigenvalue weighted by atomic mass is 10.1. The second-order valence-electron chi connectivity index (χ2n) is 6.25. The molecule has 0 spiro atoms. The second-order valence-corrected chi connectivity index (χ2v) is 6.69. The van der Waals surface area contributed by atoms with Crippen molar-refractivity contribution in [3.63, 3.8) is 0 Å². The minimum absolute atomic E-state index is 0.127. The van der Waals surface area contributed by atoms with Crippen molar-refractivity contribution in [2.75, 3.05) is 26.1 Å². The first-order valence-electron chi connectivity index (χ1n) is 8.87. The van der Waals surface area contributed by atoms with Gasteiger partial charge in [0.05, 0.1) is 14.2 Å². The molecule has 150 valence electrons. The molecule has 0 aromatic heterocycles. The van der Waals surface area contributed by atoms with Crippen LogP contribution in [0.2, 0.25) is 5.02 Å². The Morgan fingerprint density at radius 1 is 1.11 bits per heavy atom. The van der Waals surface area contributed by atoms with Crippen LogP contribution >= 0.6 is 11.6 Å². The summed E-state index contributed by atoms with van der Waals surface area (Å²) in [6.07, 6.45) is 0.339. The monoisotopic (exact) mass is 405 g/mol. The maximum atomic E-state index is 12.6. The second kappa shape index (κ2) is 9.61. The molecular weight excluding hydrogens is 382 g/mol. The van der Waals surface area contributed by atoms with Crippen LogP contribution in [-0.2, 0) is 11.2 Å². The fourth-order valence-electron chi connectivity index (χ4n) is 2.93. The van der Waals surface area contributed by atoms with Gasteiger partial charge in [-0.2, -0.15) is 5.53 Å². The van der Waals surface area contributed by atoms with Crippen LogP contribution in [-0.4, -0.2) is 38.9 Å². The number of nitrogens with one attached hydrogen (secondary N) is 5. The third kappa shape index (κ3) is 5.05. The van der Waals surface area contributed by atoms with Gasteiger partial charge in [0.1, 0.15) is 12.2 Å². The van der Waals surface area contributed by atoms with Crippen molar-refractivity contribution in [3.05, 3.63) is 53.1 Å². The summed E-state index contributed by atoms with van der Waals surface area (Å²) in [7, 11) is 3.20. The minimum atomic E-state index is -0.496. The summed E-state index contributed by atoms with van der Waals surface area (Å²) in [5.41, 5.74) is 10.6. The number of halogens is 1. The van der Waals surface area contributed by atoms with Crippen molar-refractivity contribution in [3.8, 4) is 11.5 Å². The fraction of sp³-hybridized carbons (Fsp3) is 0.316. The normalized spacial score (nSPS) is 18.5. The Morgan fingerprint density at radius 3 is 2.68 bits per heavy atom. The molecule has 1 saturated heterocycles. The molecule has 5 N–H and O–H groups in total. The average Bonchev–Trinajstić information content (AvgIpc) is 3.16. The molecule has 2 atom stereocenters. The summed E-state index contributed by atoms with van der Waals surface area (Å²) in [5, 5.41) is 6.81. The van der Waals surface area contributed by atoms with Gasteiger partial charge in [0.25, 0.3) is 0 Å². The molecule has 3 rings (SSSR count). The number of carbonyl (C=O) groups excluding carboxylic acids is 1. The molecule has 1 heterocycles. The SMILES string of the molecule is COc1ccc(CCNC(=O)C2NNNC2Nc2cccc(Cl)c2)cc1OC. The molecule has 1 fully saturated rings. The summed E-state index contributed by atoms with van der Waals surface area (Å²) in [6.45, 7) is 0.496. The maximum Gasteiger partial charge on any atom is 0.242 e. The highest BCUT2D eigenvalue weighted by Crippen LogP contribution is 2.27. The van der Waals surface area contributed by atoms with Gasteiger partial charge in [-0.3, -0.25) is 4.79 Å². The number of hydrogen-bond acceptors (Lipinski definition) is 7. The standard InChI is InChI=1S/C19H24ClN5O3/c1-27-15-7-6-12(10-16(15)28-2)8-9-21-19(26)17-18(24-25-23-17)22-14-5-3-4-13(20)11-14/h3-7,10-11,17-18,22-25H,8-9H2,1-2H3,(H,21,26). The zero-order valence-corrected chi connectivity index (χ0v) is 16.5. The zero-order valence-electron chi connectivity index (χ0n) is 15.7. The summed E-state index contributed by atoms with van der Waals surface area (Å²) in [5.74, 6) is 1.22. The van der Waals surface area contributed by atoms with Crippen molar-refractivity contribution in [1.82, 2.24) is 21.7 Å². The van der Waals surface area contributed by atoms with E-state index in [1.165, 1.54) is 0 Å². The van der Waals surface area contributed by atoms with Crippen LogP contribution < -0.4 is 36.5 Å². The number of carbonyl (C=O) groups is 1. The van der Waals surface area contributed by atoms with Crippen LogP contribution in [0.15, 0.2) is 42.5 Å². The first-order chi connectivity index (χ1) is 13.6. The highest BCUT2D eigenvalue weighted by atomic mass is 35.5. The van der Waals surface area contributed by atoms with E-state index in [2.05, 4.69) is 27.0 Å². The van der Waals surface area contributed by atoms with Gasteiger partial charge in [-0.25, -0.2) is 10.9 Å². The number of ether oxygens (including phenoxy) is 2. The molecule has 2 aromatic rings. The lowest BCUT2D eigenvalue weighted by Gasteiger charge is -2.20. The van der Waals surface area contributed by atoms with Crippen molar-refractivity contribution < 1.29 is 14.3 Å². The van der Waals surface area contributed by atoms with Crippen LogP contribution in [0.4, 0.5) is 5.69 Å². The van der Waals surface area contributed by atoms with Crippen molar-refractivity contribution in [2.24, 2.45) is 0 Å². The van der Waals surface area contributed by atoms with Gasteiger partial charge >= 0.3 is 0 Å². The molecule has 1 aliphatic heterocycles. The quantitative estimate of drug-likeness (QED) is 0.453. The molecule has 0 aliphatic carbocycles. The predicted octanol–water partition coefficient (Wildman–Crippen LogP) is 1.44. The fourth-order valence-corrected chi connectivity index (χ4v) is 3.12. The molecule has 2 unspecified atom stereocenters. The van der Waals surface area contributed by atoms with Crippen LogP contribution in [0.25, 0.3) is 0 Å². The maximum absolute atomic E-state index is 12.6. The van der Waals surface area contributed by atoms with Crippen LogP contribution in [0.5, 0.6) is 11.5 Å². The molecule has 2 aromatic carbocycles. The number of hydrazine groups is 2. The number of rotatable bonds is 8. The van der Waals surface area contributed by atoms with E-state index in [9.17, 15) is 4.79 Å². The molecule has 9 heteroatoms. The van der Waals surface area contributed by atoms with Crippen molar-refractivity contribution in [2.45, 2.75) is 18.6 Å². The Bertz CT molecular complexity index is 820. The molecule has 0 bridgehead atoms. The topological polar surface area (TPSA) is 95.7 Å². The molecule has 0 radical (unpaired) electrons. The van der Waals surface area contributed by atoms with E-state index < -0.39 is 6.04 Å². The van der Waals surface area contributed by atoms with Crippen molar-refractivity contribution in [1.29, 1.82) is 0 Å². The van der Waals surface area contributed by atoms with Crippen LogP contribution in [0.3, 0.4) is 0 Å². The van der Waals surface area contributed by atoms with E-state index in [1.807, 2.05) is 30.3 Å². The van der Waals surface area contributed by atoms with Crippen LogP contribution in [0, 0.1) is 0 Å². The Kier molecular flexibility index (Phi) is 6.94. The third-order valence-electron chi connectivity index (χ3n) is 4.38. The zero-order chi connectivity index (χ0) is 19.9. The highest BCUT2D eigenvalue weighted by molar-refractivity contribution is 6.30. The Labute approximate surface area is 168 Å². The lowest BCUT2D eigenvalue weighted by Crippen LogP contribution is -2.50. The Balaban J connectivity index is 1.52. The summed E-state index contributed by atoms with van der Waals surface area (Å²) in [4.78, 5) is 12.6. The largest absolute Gasteiger partial charge is 0.493 e. The molecular formula is C19H24ClN5O3. The van der Waals surface area contributed by atoms with E-state index in [1.54, 1.807) is 26.4 Å². The van der Waals surface area contributed by atoms with Gasteiger partial charge in [-0.15, -0.1) is 0 Å². The minimum Gasteiger partial charge on any atom is -0.493 e. The first-order valence-corrected chi connectivity index (χ1v) is 9.25. The number of hydrogen-bond donors (Lipinski definition) is 5. The molecule has 1 aliphatic rings. The Hall–Kier alpha value is -2.52. The van der Waals surface area contributed by atoms with E-state index in [-0.39, 0.29) is 12.1 Å². The molecule has 0 saturated carbocycles. The summed E-state index contributed by atoms with van der Waals surface area (Å²) in [6, 6.07) is 12.5. The number of methoxy groups -OCH3 is 2. The van der Waals surface area contributed by atoms with Gasteiger partial charge in [0, 0.05) is 17.3 Å². The Morgan fingerprint density at radius 2 is 1.93 bits per heavy atom. The van der Waals surface area contributed by atoms with Gasteiger partial charge in [-0.1, -0.05) is 23.7 Å². The third-order valence-corrected chi connectivity index (χ3v) is 4.61. The van der Waals surface area contributed by atoms with Gasteiger partial charge < -0.3 is 20.1 Å². The van der Waals surface area contributed by atoms with Crippen LogP contribution in [0.1, 0.15) is 5.56 Å². The highest BCUT2D eigenvalue weighted by Gasteiger charge is 2.32. The lowest BCUT2D eigenvalue weighted by molar-refractivity contribution is -0.123. The van der Waals surface area contributed by atoms with Crippen molar-refractivity contribution >= 4 is 23.2 Å². The van der Waals surface area contributed by atoms with Gasteiger partial charge in [0.2, 0.25) is 5.91 Å². The number of benzene rings is 2. The smallest absolute Gasteiger partial charge is 0.242 e. The number of anilines is 1. The summed E-state index contributed by atoms with van der Waals surface area (Å²) >= 11 is 6.01. The predicted molar refractivity (Wildman–Crippen MR) is 108 cm³/mol. The molecule has 8 nitrogen and oxygen atoms in total. The first kappa shape index (κ1) is 20.2. The van der Waals surface area contributed by atoms with E-state index in [0.717, 1.165) is 11.3 Å². The number of amides is 1. The summed E-state index contributed by atoms with van der Waals surface area (Å²) < 4.78 is 10.5. The molecule has 28 heavy (non-hydrogen) atoms. The van der Waals surface area contributed by atoms with Gasteiger partial charge in [0.15, 0.2) is 11.5 Å². The van der Waals surface area contributed by atoms with E-state index in [4.69, 9.17) is 21.1 Å². The molecule has 1 amide bonds. The average molecular weight is 406 g/mol.